The van der Waals surface area contributed by atoms with E-state index < -0.39 is 12.0 Å². The van der Waals surface area contributed by atoms with E-state index in [2.05, 4.69) is 10.3 Å². The van der Waals surface area contributed by atoms with Crippen LogP contribution in [0.4, 0.5) is 4.39 Å². The minimum absolute atomic E-state index is 0.177. The number of nitrogens with one attached hydrogen (secondary N) is 2. The fourth-order valence-electron chi connectivity index (χ4n) is 3.84. The van der Waals surface area contributed by atoms with Gasteiger partial charge in [0.05, 0.1) is 7.11 Å². The van der Waals surface area contributed by atoms with Gasteiger partial charge in [-0.05, 0) is 53.4 Å². The van der Waals surface area contributed by atoms with Gasteiger partial charge in [-0.25, -0.2) is 9.18 Å². The second-order valence-electron chi connectivity index (χ2n) is 7.47. The summed E-state index contributed by atoms with van der Waals surface area (Å²) >= 11 is 0. The SMILES string of the molecule is COC(=O)C(NC(=O)CCc1c(-c2ccc(F)cc2)[nH]c2ccccc12)c1ccccc1. The van der Waals surface area contributed by atoms with Gasteiger partial charge in [0.1, 0.15) is 5.82 Å². The van der Waals surface area contributed by atoms with Gasteiger partial charge in [0.25, 0.3) is 0 Å². The maximum atomic E-state index is 13.4. The summed E-state index contributed by atoms with van der Waals surface area (Å²) in [6.07, 6.45) is 0.627. The van der Waals surface area contributed by atoms with Gasteiger partial charge < -0.3 is 15.0 Å². The van der Waals surface area contributed by atoms with Crippen LogP contribution in [0.15, 0.2) is 78.9 Å². The minimum Gasteiger partial charge on any atom is -0.467 e. The summed E-state index contributed by atoms with van der Waals surface area (Å²) in [6.45, 7) is 0. The van der Waals surface area contributed by atoms with Crippen molar-refractivity contribution in [3.8, 4) is 11.3 Å². The summed E-state index contributed by atoms with van der Waals surface area (Å²) in [5.74, 6) is -1.09. The number of carbonyl (C=O) groups is 2. The number of benzene rings is 3. The highest BCUT2D eigenvalue weighted by molar-refractivity contribution is 5.92. The smallest absolute Gasteiger partial charge is 0.333 e. The molecular weight excluding hydrogens is 407 g/mol. The van der Waals surface area contributed by atoms with Gasteiger partial charge in [-0.15, -0.1) is 0 Å². The number of aromatic nitrogens is 1. The van der Waals surface area contributed by atoms with Crippen molar-refractivity contribution in [2.75, 3.05) is 7.11 Å². The van der Waals surface area contributed by atoms with Crippen LogP contribution in [0.1, 0.15) is 23.6 Å². The first kappa shape index (κ1) is 21.3. The second-order valence-corrected chi connectivity index (χ2v) is 7.47. The zero-order valence-electron chi connectivity index (χ0n) is 17.6. The number of para-hydroxylation sites is 1. The molecule has 1 heterocycles. The number of carbonyl (C=O) groups excluding carboxylic acids is 2. The van der Waals surface area contributed by atoms with Gasteiger partial charge in [-0.1, -0.05) is 48.5 Å². The van der Waals surface area contributed by atoms with Crippen LogP contribution in [0.2, 0.25) is 0 Å². The van der Waals surface area contributed by atoms with Crippen LogP contribution in [0.25, 0.3) is 22.2 Å². The third-order valence-electron chi connectivity index (χ3n) is 5.42. The number of fused-ring (bicyclic) bond motifs is 1. The molecule has 4 rings (SSSR count). The fourth-order valence-corrected chi connectivity index (χ4v) is 3.84. The molecule has 0 saturated carbocycles. The van der Waals surface area contributed by atoms with Crippen LogP contribution in [-0.4, -0.2) is 24.0 Å². The topological polar surface area (TPSA) is 71.2 Å². The van der Waals surface area contributed by atoms with E-state index >= 15 is 0 Å². The highest BCUT2D eigenvalue weighted by Gasteiger charge is 2.23. The predicted molar refractivity (Wildman–Crippen MR) is 121 cm³/mol. The van der Waals surface area contributed by atoms with Gasteiger partial charge in [-0.2, -0.15) is 0 Å². The lowest BCUT2D eigenvalue weighted by molar-refractivity contribution is -0.145. The summed E-state index contributed by atoms with van der Waals surface area (Å²) < 4.78 is 18.3. The Morgan fingerprint density at radius 1 is 0.969 bits per heavy atom. The van der Waals surface area contributed by atoms with E-state index in [1.807, 2.05) is 30.3 Å². The first-order chi connectivity index (χ1) is 15.6. The third-order valence-corrected chi connectivity index (χ3v) is 5.42. The van der Waals surface area contributed by atoms with Crippen LogP contribution in [0.3, 0.4) is 0 Å². The van der Waals surface area contributed by atoms with Crippen molar-refractivity contribution in [3.05, 3.63) is 95.8 Å². The Morgan fingerprint density at radius 2 is 1.66 bits per heavy atom. The molecule has 1 aromatic heterocycles. The van der Waals surface area contributed by atoms with Crippen LogP contribution < -0.4 is 5.32 Å². The van der Waals surface area contributed by atoms with Crippen molar-refractivity contribution in [1.82, 2.24) is 10.3 Å². The highest BCUT2D eigenvalue weighted by Crippen LogP contribution is 2.31. The van der Waals surface area contributed by atoms with E-state index in [9.17, 15) is 14.0 Å². The zero-order chi connectivity index (χ0) is 22.5. The molecule has 0 bridgehead atoms. The highest BCUT2D eigenvalue weighted by atomic mass is 19.1. The Balaban J connectivity index is 1.57. The summed E-state index contributed by atoms with van der Waals surface area (Å²) in [6, 6.07) is 22.2. The number of ether oxygens (including phenoxy) is 1. The van der Waals surface area contributed by atoms with E-state index in [0.29, 0.717) is 12.0 Å². The molecule has 0 aliphatic rings. The Bertz CT molecular complexity index is 1230. The summed E-state index contributed by atoms with van der Waals surface area (Å²) in [5, 5.41) is 3.79. The molecule has 0 fully saturated rings. The summed E-state index contributed by atoms with van der Waals surface area (Å²) in [4.78, 5) is 28.4. The molecule has 0 saturated heterocycles. The summed E-state index contributed by atoms with van der Waals surface area (Å²) in [5.41, 5.74) is 4.27. The van der Waals surface area contributed by atoms with E-state index in [0.717, 1.165) is 27.7 Å². The molecule has 4 aromatic rings. The number of halogens is 1. The molecule has 2 N–H and O–H groups in total. The number of hydrogen-bond donors (Lipinski definition) is 2. The molecule has 5 nitrogen and oxygen atoms in total. The Kier molecular flexibility index (Phi) is 6.31. The maximum Gasteiger partial charge on any atom is 0.333 e. The molecule has 3 aromatic carbocycles. The van der Waals surface area contributed by atoms with Gasteiger partial charge in [0, 0.05) is 23.0 Å². The van der Waals surface area contributed by atoms with Crippen molar-refractivity contribution in [2.24, 2.45) is 0 Å². The predicted octanol–water partition coefficient (Wildman–Crippen LogP) is 4.94. The average Bonchev–Trinajstić information content (AvgIpc) is 3.20. The zero-order valence-corrected chi connectivity index (χ0v) is 17.6. The average molecular weight is 430 g/mol. The molecule has 1 amide bonds. The maximum absolute atomic E-state index is 13.4. The fraction of sp³-hybridized carbons (Fsp3) is 0.154. The van der Waals surface area contributed by atoms with Gasteiger partial charge in [-0.3, -0.25) is 4.79 Å². The van der Waals surface area contributed by atoms with E-state index in [1.165, 1.54) is 19.2 Å². The number of methoxy groups -OCH3 is 1. The number of rotatable bonds is 7. The Morgan fingerprint density at radius 3 is 2.38 bits per heavy atom. The molecule has 162 valence electrons. The number of hydrogen-bond acceptors (Lipinski definition) is 3. The number of esters is 1. The quantitative estimate of drug-likeness (QED) is 0.408. The first-order valence-corrected chi connectivity index (χ1v) is 10.3. The van der Waals surface area contributed by atoms with Crippen LogP contribution in [0.5, 0.6) is 0 Å². The van der Waals surface area contributed by atoms with Crippen molar-refractivity contribution in [1.29, 1.82) is 0 Å². The normalized spacial score (nSPS) is 11.8. The van der Waals surface area contributed by atoms with E-state index in [4.69, 9.17) is 4.74 Å². The van der Waals surface area contributed by atoms with Gasteiger partial charge in [0.15, 0.2) is 6.04 Å². The monoisotopic (exact) mass is 430 g/mol. The van der Waals surface area contributed by atoms with Crippen LogP contribution in [0, 0.1) is 5.82 Å². The number of amides is 1. The third kappa shape index (κ3) is 4.54. The lowest BCUT2D eigenvalue weighted by Crippen LogP contribution is -2.34. The molecule has 0 radical (unpaired) electrons. The van der Waals surface area contributed by atoms with Gasteiger partial charge in [0.2, 0.25) is 5.91 Å². The van der Waals surface area contributed by atoms with Crippen molar-refractivity contribution in [2.45, 2.75) is 18.9 Å². The van der Waals surface area contributed by atoms with E-state index in [-0.39, 0.29) is 18.1 Å². The van der Waals surface area contributed by atoms with Crippen LogP contribution >= 0.6 is 0 Å². The molecular formula is C26H23FN2O3. The van der Waals surface area contributed by atoms with Gasteiger partial charge >= 0.3 is 5.97 Å². The Labute approximate surface area is 185 Å². The minimum atomic E-state index is -0.867. The molecule has 0 spiro atoms. The molecule has 6 heteroatoms. The lowest BCUT2D eigenvalue weighted by Gasteiger charge is -2.17. The molecule has 1 atom stereocenters. The number of H-pyrrole nitrogens is 1. The summed E-state index contributed by atoms with van der Waals surface area (Å²) in [7, 11) is 1.30. The molecule has 32 heavy (non-hydrogen) atoms. The molecule has 0 aliphatic carbocycles. The van der Waals surface area contributed by atoms with Crippen LogP contribution in [-0.2, 0) is 20.7 Å². The lowest BCUT2D eigenvalue weighted by atomic mass is 10.0. The van der Waals surface area contributed by atoms with Crippen molar-refractivity contribution >= 4 is 22.8 Å². The Hall–Kier alpha value is -3.93. The number of aromatic amines is 1. The number of aryl methyl sites for hydroxylation is 1. The second kappa shape index (κ2) is 9.47. The van der Waals surface area contributed by atoms with Crippen molar-refractivity contribution < 1.29 is 18.7 Å². The standard InChI is InChI=1S/C26H23FN2O3/c1-32-26(31)25(17-7-3-2-4-8-17)29-23(30)16-15-21-20-9-5-6-10-22(20)28-24(21)18-11-13-19(27)14-12-18/h2-14,25,28H,15-16H2,1H3,(H,29,30). The molecule has 1 unspecified atom stereocenters. The van der Waals surface area contributed by atoms with E-state index in [1.54, 1.807) is 36.4 Å². The largest absolute Gasteiger partial charge is 0.467 e. The molecule has 0 aliphatic heterocycles. The van der Waals surface area contributed by atoms with Crippen molar-refractivity contribution in [3.63, 3.8) is 0 Å². The first-order valence-electron chi connectivity index (χ1n) is 10.3.